The van der Waals surface area contributed by atoms with Crippen molar-refractivity contribution in [2.75, 3.05) is 32.7 Å². The van der Waals surface area contributed by atoms with Gasteiger partial charge in [0, 0.05) is 50.4 Å². The van der Waals surface area contributed by atoms with Gasteiger partial charge >= 0.3 is 6.18 Å². The van der Waals surface area contributed by atoms with Crippen LogP contribution >= 0.6 is 12.4 Å². The van der Waals surface area contributed by atoms with E-state index in [-0.39, 0.29) is 36.7 Å². The topological polar surface area (TPSA) is 87.5 Å². The summed E-state index contributed by atoms with van der Waals surface area (Å²) in [7, 11) is 0. The van der Waals surface area contributed by atoms with Gasteiger partial charge in [0.15, 0.2) is 0 Å². The van der Waals surface area contributed by atoms with Crippen molar-refractivity contribution in [2.45, 2.75) is 12.2 Å². The summed E-state index contributed by atoms with van der Waals surface area (Å²) in [6.45, 7) is 0.759. The van der Waals surface area contributed by atoms with Gasteiger partial charge in [-0.2, -0.15) is 13.2 Å². The van der Waals surface area contributed by atoms with Crippen molar-refractivity contribution in [1.29, 1.82) is 0 Å². The number of hydrogen-bond donors (Lipinski definition) is 2. The molecule has 1 aliphatic rings. The number of carbonyl (C=O) groups excluding carboxylic acids is 1. The summed E-state index contributed by atoms with van der Waals surface area (Å²) in [5.74, 6) is -0.775. The third kappa shape index (κ3) is 5.83. The first-order chi connectivity index (χ1) is 11.3. The lowest BCUT2D eigenvalue weighted by atomic mass is 10.1. The van der Waals surface area contributed by atoms with Crippen molar-refractivity contribution in [1.82, 2.24) is 15.5 Å². The average molecular weight is 383 g/mol. The molecule has 1 saturated heterocycles. The lowest BCUT2D eigenvalue weighted by Gasteiger charge is -2.35. The second-order valence-corrected chi connectivity index (χ2v) is 5.36. The fraction of sp³-hybridized carbons (Fsp3) is 0.500. The third-order valence-electron chi connectivity index (χ3n) is 3.75. The Morgan fingerprint density at radius 3 is 2.56 bits per heavy atom. The predicted molar refractivity (Wildman–Crippen MR) is 87.0 cm³/mol. The van der Waals surface area contributed by atoms with E-state index in [0.717, 1.165) is 6.07 Å². The monoisotopic (exact) mass is 382 g/mol. The fourth-order valence-electron chi connectivity index (χ4n) is 2.50. The quantitative estimate of drug-likeness (QED) is 0.596. The minimum absolute atomic E-state index is 0. The molecule has 0 spiro atoms. The molecular weight excluding hydrogens is 365 g/mol. The summed E-state index contributed by atoms with van der Waals surface area (Å²) in [5.41, 5.74) is -0.345. The molecule has 1 aliphatic heterocycles. The van der Waals surface area contributed by atoms with Gasteiger partial charge in [-0.25, -0.2) is 0 Å². The highest BCUT2D eigenvalue weighted by Crippen LogP contribution is 2.25. The van der Waals surface area contributed by atoms with Crippen molar-refractivity contribution >= 4 is 24.0 Å². The molecule has 1 aromatic carbocycles. The molecule has 1 amide bonds. The number of nitro benzene ring substituents is 1. The molecule has 1 heterocycles. The summed E-state index contributed by atoms with van der Waals surface area (Å²) >= 11 is 0. The van der Waals surface area contributed by atoms with Crippen molar-refractivity contribution < 1.29 is 22.9 Å². The molecule has 2 N–H and O–H groups in total. The predicted octanol–water partition coefficient (Wildman–Crippen LogP) is 1.58. The zero-order valence-electron chi connectivity index (χ0n) is 13.1. The van der Waals surface area contributed by atoms with E-state index in [2.05, 4.69) is 10.6 Å². The maximum atomic E-state index is 13.2. The molecule has 25 heavy (non-hydrogen) atoms. The average Bonchev–Trinajstić information content (AvgIpc) is 2.54. The molecule has 0 saturated carbocycles. The first kappa shape index (κ1) is 21.1. The molecule has 140 valence electrons. The highest BCUT2D eigenvalue weighted by Gasteiger charge is 2.43. The van der Waals surface area contributed by atoms with Gasteiger partial charge in [0.1, 0.15) is 6.04 Å². The summed E-state index contributed by atoms with van der Waals surface area (Å²) < 4.78 is 39.7. The van der Waals surface area contributed by atoms with Crippen LogP contribution in [0.4, 0.5) is 18.9 Å². The largest absolute Gasteiger partial charge is 0.405 e. The normalized spacial score (nSPS) is 16.6. The summed E-state index contributed by atoms with van der Waals surface area (Å²) in [6, 6.07) is 3.07. The van der Waals surface area contributed by atoms with Crippen LogP contribution in [0.5, 0.6) is 0 Å². The lowest BCUT2D eigenvalue weighted by Crippen LogP contribution is -2.57. The van der Waals surface area contributed by atoms with Gasteiger partial charge in [-0.15, -0.1) is 12.4 Å². The van der Waals surface area contributed by atoms with Crippen LogP contribution in [0.1, 0.15) is 10.4 Å². The summed E-state index contributed by atoms with van der Waals surface area (Å²) in [5, 5.41) is 15.9. The van der Waals surface area contributed by atoms with Crippen LogP contribution in [0, 0.1) is 10.1 Å². The van der Waals surface area contributed by atoms with Crippen molar-refractivity contribution in [3.63, 3.8) is 0 Å². The molecular formula is C14H18ClF3N4O3. The molecule has 11 heteroatoms. The van der Waals surface area contributed by atoms with Gasteiger partial charge in [0.2, 0.25) is 0 Å². The van der Waals surface area contributed by atoms with Gasteiger partial charge in [-0.05, 0) is 6.07 Å². The second-order valence-electron chi connectivity index (χ2n) is 5.36. The van der Waals surface area contributed by atoms with Crippen LogP contribution in [0.25, 0.3) is 0 Å². The van der Waals surface area contributed by atoms with Gasteiger partial charge < -0.3 is 10.6 Å². The fourth-order valence-corrected chi connectivity index (χ4v) is 2.50. The van der Waals surface area contributed by atoms with Gasteiger partial charge in [0.25, 0.3) is 11.6 Å². The summed E-state index contributed by atoms with van der Waals surface area (Å²) in [4.78, 5) is 23.3. The Hall–Kier alpha value is -1.91. The number of nitrogens with one attached hydrogen (secondary N) is 2. The third-order valence-corrected chi connectivity index (χ3v) is 3.75. The Morgan fingerprint density at radius 1 is 1.36 bits per heavy atom. The van der Waals surface area contributed by atoms with Crippen molar-refractivity contribution in [2.24, 2.45) is 0 Å². The number of nitro groups is 1. The maximum Gasteiger partial charge on any atom is 0.405 e. The SMILES string of the molecule is Cl.O=C(NCC(N1CCNCC1)C(F)(F)F)c1cccc([N+](=O)[O-])c1. The second kappa shape index (κ2) is 8.97. The first-order valence-corrected chi connectivity index (χ1v) is 7.33. The minimum atomic E-state index is -4.48. The van der Waals surface area contributed by atoms with Crippen LogP contribution in [-0.4, -0.2) is 60.7 Å². The van der Waals surface area contributed by atoms with Crippen LogP contribution in [0.15, 0.2) is 24.3 Å². The smallest absolute Gasteiger partial charge is 0.350 e. The molecule has 1 fully saturated rings. The molecule has 1 unspecified atom stereocenters. The molecule has 0 aliphatic carbocycles. The molecule has 2 rings (SSSR count). The highest BCUT2D eigenvalue weighted by atomic mass is 35.5. The number of rotatable bonds is 5. The van der Waals surface area contributed by atoms with E-state index in [1.165, 1.54) is 23.1 Å². The number of alkyl halides is 3. The van der Waals surface area contributed by atoms with Crippen LogP contribution in [0.3, 0.4) is 0 Å². The van der Waals surface area contributed by atoms with E-state index in [4.69, 9.17) is 0 Å². The van der Waals surface area contributed by atoms with Crippen LogP contribution in [0.2, 0.25) is 0 Å². The standard InChI is InChI=1S/C14H17F3N4O3.ClH/c15-14(16,17)12(20-6-4-18-5-7-20)9-19-13(22)10-2-1-3-11(8-10)21(23)24;/h1-3,8,12,18H,4-7,9H2,(H,19,22);1H. The Morgan fingerprint density at radius 2 is 2.00 bits per heavy atom. The number of non-ortho nitro benzene ring substituents is 1. The lowest BCUT2D eigenvalue weighted by molar-refractivity contribution is -0.384. The van der Waals surface area contributed by atoms with E-state index in [0.29, 0.717) is 13.1 Å². The summed E-state index contributed by atoms with van der Waals surface area (Å²) in [6.07, 6.45) is -4.48. The van der Waals surface area contributed by atoms with Crippen molar-refractivity contribution in [3.8, 4) is 0 Å². The van der Waals surface area contributed by atoms with Crippen LogP contribution < -0.4 is 10.6 Å². The molecule has 0 aromatic heterocycles. The van der Waals surface area contributed by atoms with E-state index in [9.17, 15) is 28.1 Å². The molecule has 0 bridgehead atoms. The number of benzene rings is 1. The van der Waals surface area contributed by atoms with Gasteiger partial charge in [0.05, 0.1) is 4.92 Å². The van der Waals surface area contributed by atoms with Crippen LogP contribution in [-0.2, 0) is 0 Å². The van der Waals surface area contributed by atoms with E-state index >= 15 is 0 Å². The molecule has 1 atom stereocenters. The molecule has 7 nitrogen and oxygen atoms in total. The number of halogens is 4. The van der Waals surface area contributed by atoms with Gasteiger partial charge in [-0.3, -0.25) is 19.8 Å². The highest BCUT2D eigenvalue weighted by molar-refractivity contribution is 5.94. The van der Waals surface area contributed by atoms with E-state index in [1.807, 2.05) is 0 Å². The number of piperazine rings is 1. The Bertz CT molecular complexity index is 609. The first-order valence-electron chi connectivity index (χ1n) is 7.33. The Kier molecular flexibility index (Phi) is 7.59. The number of amides is 1. The molecule has 0 radical (unpaired) electrons. The zero-order chi connectivity index (χ0) is 17.7. The number of nitrogens with zero attached hydrogens (tertiary/aromatic N) is 2. The van der Waals surface area contributed by atoms with Gasteiger partial charge in [-0.1, -0.05) is 6.07 Å². The Balaban J connectivity index is 0.00000312. The number of carbonyl (C=O) groups is 1. The maximum absolute atomic E-state index is 13.2. The Labute approximate surface area is 148 Å². The number of hydrogen-bond acceptors (Lipinski definition) is 5. The molecule has 1 aromatic rings. The van der Waals surface area contributed by atoms with E-state index < -0.39 is 29.6 Å². The zero-order valence-corrected chi connectivity index (χ0v) is 13.9. The minimum Gasteiger partial charge on any atom is -0.350 e. The van der Waals surface area contributed by atoms with E-state index in [1.54, 1.807) is 0 Å². The van der Waals surface area contributed by atoms with Crippen molar-refractivity contribution in [3.05, 3.63) is 39.9 Å².